The average molecular weight is 485 g/mol. The molecule has 4 atom stereocenters. The van der Waals surface area contributed by atoms with Crippen LogP contribution in [0.4, 0.5) is 0 Å². The second-order valence-corrected chi connectivity index (χ2v) is 8.52. The summed E-state index contributed by atoms with van der Waals surface area (Å²) in [6.45, 7) is 4.30. The summed E-state index contributed by atoms with van der Waals surface area (Å²) in [7, 11) is 0. The predicted octanol–water partition coefficient (Wildman–Crippen LogP) is 1.80. The van der Waals surface area contributed by atoms with Crippen molar-refractivity contribution in [3.63, 3.8) is 0 Å². The number of aromatic hydroxyl groups is 1. The van der Waals surface area contributed by atoms with Crippen molar-refractivity contribution in [3.05, 3.63) is 59.9 Å². The maximum Gasteiger partial charge on any atom is 0.332 e. The molecule has 1 aliphatic rings. The van der Waals surface area contributed by atoms with Crippen LogP contribution in [0.3, 0.4) is 0 Å². The minimum absolute atomic E-state index is 0.177. The molecule has 2 heterocycles. The Hall–Kier alpha value is -3.95. The highest BCUT2D eigenvalue weighted by molar-refractivity contribution is 5.97. The van der Waals surface area contributed by atoms with Crippen molar-refractivity contribution in [1.82, 2.24) is 10.3 Å². The molecule has 0 radical (unpaired) electrons. The van der Waals surface area contributed by atoms with Gasteiger partial charge in [0, 0.05) is 6.20 Å². The van der Waals surface area contributed by atoms with Gasteiger partial charge in [0.15, 0.2) is 17.8 Å². The Balaban J connectivity index is 1.87. The van der Waals surface area contributed by atoms with E-state index in [1.54, 1.807) is 13.8 Å². The number of carbonyl (C=O) groups excluding carboxylic acids is 4. The van der Waals surface area contributed by atoms with E-state index < -0.39 is 60.5 Å². The second kappa shape index (κ2) is 11.5. The van der Waals surface area contributed by atoms with Crippen molar-refractivity contribution in [2.45, 2.75) is 45.4 Å². The first kappa shape index (κ1) is 25.7. The zero-order chi connectivity index (χ0) is 25.5. The Morgan fingerprint density at radius 3 is 2.51 bits per heavy atom. The van der Waals surface area contributed by atoms with Crippen LogP contribution >= 0.6 is 0 Å². The van der Waals surface area contributed by atoms with Crippen LogP contribution in [-0.2, 0) is 35.0 Å². The van der Waals surface area contributed by atoms with Crippen LogP contribution in [-0.4, -0.2) is 58.8 Å². The average Bonchev–Trinajstić information content (AvgIpc) is 2.86. The molecule has 0 unspecified atom stereocenters. The zero-order valence-corrected chi connectivity index (χ0v) is 19.7. The highest BCUT2D eigenvalue weighted by Crippen LogP contribution is 2.25. The molecular formula is C25H28N2O8. The Bertz CT molecular complexity index is 1070. The number of ether oxygens (including phenoxy) is 3. The maximum atomic E-state index is 13.1. The highest BCUT2D eigenvalue weighted by Gasteiger charge is 2.42. The van der Waals surface area contributed by atoms with Gasteiger partial charge in [-0.25, -0.2) is 9.78 Å². The Labute approximate surface area is 202 Å². The quantitative estimate of drug-likeness (QED) is 0.464. The van der Waals surface area contributed by atoms with Gasteiger partial charge in [0.1, 0.15) is 24.4 Å². The number of carbonyl (C=O) groups is 4. The predicted molar refractivity (Wildman–Crippen MR) is 122 cm³/mol. The fourth-order valence-corrected chi connectivity index (χ4v) is 3.55. The summed E-state index contributed by atoms with van der Waals surface area (Å²) in [5, 5.41) is 12.3. The van der Waals surface area contributed by atoms with E-state index in [1.807, 2.05) is 30.3 Å². The number of rotatable bonds is 6. The van der Waals surface area contributed by atoms with Crippen molar-refractivity contribution in [2.75, 3.05) is 6.61 Å². The largest absolute Gasteiger partial charge is 0.505 e. The van der Waals surface area contributed by atoms with Gasteiger partial charge in [0.05, 0.1) is 5.92 Å². The number of benzene rings is 1. The van der Waals surface area contributed by atoms with Crippen LogP contribution < -0.4 is 5.32 Å². The van der Waals surface area contributed by atoms with Gasteiger partial charge < -0.3 is 24.6 Å². The van der Waals surface area contributed by atoms with Gasteiger partial charge in [0.25, 0.3) is 5.91 Å². The lowest BCUT2D eigenvalue weighted by Gasteiger charge is -2.29. The summed E-state index contributed by atoms with van der Waals surface area (Å²) in [6.07, 6.45) is -0.653. The molecule has 0 bridgehead atoms. The number of nitrogens with one attached hydrogen (secondary N) is 1. The topological polar surface area (TPSA) is 141 Å². The molecule has 2 aromatic rings. The Morgan fingerprint density at radius 2 is 1.86 bits per heavy atom. The van der Waals surface area contributed by atoms with E-state index in [9.17, 15) is 24.3 Å². The van der Waals surface area contributed by atoms with E-state index in [0.29, 0.717) is 0 Å². The first-order valence-corrected chi connectivity index (χ1v) is 11.2. The molecule has 35 heavy (non-hydrogen) atoms. The smallest absolute Gasteiger partial charge is 0.332 e. The number of hydrogen-bond acceptors (Lipinski definition) is 9. The molecule has 1 aromatic carbocycles. The first-order chi connectivity index (χ1) is 16.7. The van der Waals surface area contributed by atoms with Crippen LogP contribution in [0.15, 0.2) is 48.7 Å². The van der Waals surface area contributed by atoms with Gasteiger partial charge in [-0.2, -0.15) is 0 Å². The molecule has 186 valence electrons. The van der Waals surface area contributed by atoms with Gasteiger partial charge in [-0.15, -0.1) is 0 Å². The summed E-state index contributed by atoms with van der Waals surface area (Å²) in [4.78, 5) is 54.8. The summed E-state index contributed by atoms with van der Waals surface area (Å²) < 4.78 is 16.5. The normalized spacial score (nSPS) is 22.7. The van der Waals surface area contributed by atoms with Gasteiger partial charge >= 0.3 is 17.9 Å². The Morgan fingerprint density at radius 1 is 1.14 bits per heavy atom. The molecule has 10 heteroatoms. The van der Waals surface area contributed by atoms with Crippen LogP contribution in [0.1, 0.15) is 36.8 Å². The van der Waals surface area contributed by atoms with Gasteiger partial charge in [0.2, 0.25) is 0 Å². The molecule has 1 amide bonds. The van der Waals surface area contributed by atoms with Crippen molar-refractivity contribution in [1.29, 1.82) is 0 Å². The molecule has 2 N–H and O–H groups in total. The fourth-order valence-electron chi connectivity index (χ4n) is 3.55. The minimum Gasteiger partial charge on any atom is -0.505 e. The number of esters is 3. The van der Waals surface area contributed by atoms with Gasteiger partial charge in [-0.1, -0.05) is 44.2 Å². The minimum atomic E-state index is -1.37. The number of pyridine rings is 1. The third-order valence-corrected chi connectivity index (χ3v) is 5.47. The highest BCUT2D eigenvalue weighted by atomic mass is 16.6. The van der Waals surface area contributed by atoms with Crippen molar-refractivity contribution >= 4 is 23.8 Å². The molecule has 1 aromatic heterocycles. The van der Waals surface area contributed by atoms with E-state index >= 15 is 0 Å². The fraction of sp³-hybridized carbons (Fsp3) is 0.400. The molecule has 0 aliphatic carbocycles. The summed E-state index contributed by atoms with van der Waals surface area (Å²) in [5.41, 5.74) is 0.499. The summed E-state index contributed by atoms with van der Waals surface area (Å²) >= 11 is 0. The molecule has 1 aliphatic heterocycles. The van der Waals surface area contributed by atoms with E-state index in [1.165, 1.54) is 25.3 Å². The number of nitrogens with zero attached hydrogens (tertiary/aromatic N) is 1. The lowest BCUT2D eigenvalue weighted by Crippen LogP contribution is -2.47. The maximum absolute atomic E-state index is 13.1. The van der Waals surface area contributed by atoms with Crippen molar-refractivity contribution in [2.24, 2.45) is 11.8 Å². The van der Waals surface area contributed by atoms with Crippen LogP contribution in [0.25, 0.3) is 0 Å². The third kappa shape index (κ3) is 6.56. The number of cyclic esters (lactones) is 2. The molecule has 1 fully saturated rings. The molecule has 0 spiro atoms. The number of hydrogen-bond donors (Lipinski definition) is 2. The lowest BCUT2D eigenvalue weighted by molar-refractivity contribution is -0.176. The summed E-state index contributed by atoms with van der Waals surface area (Å²) in [6, 6.07) is 10.4. The first-order valence-electron chi connectivity index (χ1n) is 11.2. The van der Waals surface area contributed by atoms with E-state index in [-0.39, 0.29) is 17.9 Å². The SMILES string of the molecule is CC(C)C(=O)O[C@H]1[C@@H](C)OC(=O)[C@H](NC(=O)c2ncccc2O)COC(=O)[C@@H]1Cc1ccccc1. The Kier molecular flexibility index (Phi) is 8.40. The van der Waals surface area contributed by atoms with E-state index in [0.717, 1.165) is 5.56 Å². The zero-order valence-electron chi connectivity index (χ0n) is 19.7. The van der Waals surface area contributed by atoms with Crippen LogP contribution in [0, 0.1) is 11.8 Å². The van der Waals surface area contributed by atoms with Crippen LogP contribution in [0.5, 0.6) is 5.75 Å². The van der Waals surface area contributed by atoms with Crippen molar-refractivity contribution in [3.8, 4) is 5.75 Å². The summed E-state index contributed by atoms with van der Waals surface area (Å²) in [5.74, 6) is -4.82. The second-order valence-electron chi connectivity index (χ2n) is 8.52. The molecule has 0 saturated carbocycles. The standard InChI is InChI=1S/C25H28N2O8/c1-14(2)23(30)35-21-15(3)34-25(32)18(27-22(29)20-19(28)10-7-11-26-20)13-33-24(31)17(21)12-16-8-5-4-6-9-16/h4-11,14-15,17-18,21,28H,12-13H2,1-3H3,(H,27,29)/t15-,17-,18-,21+/m1/s1. The lowest BCUT2D eigenvalue weighted by atomic mass is 9.91. The van der Waals surface area contributed by atoms with Crippen molar-refractivity contribution < 1.29 is 38.5 Å². The molecular weight excluding hydrogens is 456 g/mol. The third-order valence-electron chi connectivity index (χ3n) is 5.47. The molecule has 3 rings (SSSR count). The molecule has 1 saturated heterocycles. The number of amides is 1. The van der Waals surface area contributed by atoms with Crippen LogP contribution in [0.2, 0.25) is 0 Å². The monoisotopic (exact) mass is 484 g/mol. The number of aromatic nitrogens is 1. The van der Waals surface area contributed by atoms with E-state index in [4.69, 9.17) is 14.2 Å². The van der Waals surface area contributed by atoms with Gasteiger partial charge in [-0.05, 0) is 31.0 Å². The molecule has 10 nitrogen and oxygen atoms in total. The van der Waals surface area contributed by atoms with Gasteiger partial charge in [-0.3, -0.25) is 14.4 Å². The van der Waals surface area contributed by atoms with E-state index in [2.05, 4.69) is 10.3 Å².